The molecule has 160 valence electrons. The number of nitrogens with zero attached hydrogens (tertiary/aromatic N) is 1. The van der Waals surface area contributed by atoms with Crippen molar-refractivity contribution in [2.24, 2.45) is 5.92 Å². The van der Waals surface area contributed by atoms with E-state index in [0.29, 0.717) is 13.2 Å². The largest absolute Gasteiger partial charge is 0.491 e. The van der Waals surface area contributed by atoms with Crippen LogP contribution >= 0.6 is 12.4 Å². The van der Waals surface area contributed by atoms with E-state index in [1.165, 1.54) is 5.56 Å². The number of esters is 1. The van der Waals surface area contributed by atoms with Crippen LogP contribution in [0.15, 0.2) is 18.2 Å². The molecular weight excluding hydrogens is 378 g/mol. The highest BCUT2D eigenvalue weighted by Crippen LogP contribution is 2.32. The number of benzene rings is 1. The third-order valence-corrected chi connectivity index (χ3v) is 5.05. The molecule has 1 aliphatic heterocycles. The third kappa shape index (κ3) is 7.26. The minimum atomic E-state index is -0.557. The van der Waals surface area contributed by atoms with E-state index >= 15 is 0 Å². The fourth-order valence-corrected chi connectivity index (χ4v) is 3.50. The molecule has 1 aromatic rings. The van der Waals surface area contributed by atoms with E-state index in [1.807, 2.05) is 19.1 Å². The van der Waals surface area contributed by atoms with Gasteiger partial charge in [-0.1, -0.05) is 38.5 Å². The number of β-amino-alcohol motifs (C(OH)–C–C–N with tert-alkyl or cyclic N) is 1. The number of carbonyl (C=O) groups is 1. The first-order valence-corrected chi connectivity index (χ1v) is 10.0. The lowest BCUT2D eigenvalue weighted by molar-refractivity contribution is -0.149. The minimum absolute atomic E-state index is 0. The van der Waals surface area contributed by atoms with E-state index < -0.39 is 6.10 Å². The van der Waals surface area contributed by atoms with Gasteiger partial charge in [-0.2, -0.15) is 0 Å². The average Bonchev–Trinajstić information content (AvgIpc) is 2.60. The monoisotopic (exact) mass is 413 g/mol. The molecule has 6 heteroatoms. The maximum absolute atomic E-state index is 11.8. The Labute approximate surface area is 175 Å². The molecule has 0 spiro atoms. The zero-order valence-electron chi connectivity index (χ0n) is 17.9. The van der Waals surface area contributed by atoms with Crippen LogP contribution in [0.25, 0.3) is 0 Å². The summed E-state index contributed by atoms with van der Waals surface area (Å²) in [6, 6.07) is 6.19. The van der Waals surface area contributed by atoms with Crippen LogP contribution < -0.4 is 4.74 Å². The number of carbonyl (C=O) groups excluding carboxylic acids is 1. The van der Waals surface area contributed by atoms with Crippen LogP contribution in [0.4, 0.5) is 0 Å². The molecule has 2 rings (SSSR count). The highest BCUT2D eigenvalue weighted by Gasteiger charge is 2.27. The van der Waals surface area contributed by atoms with Crippen LogP contribution in [0, 0.1) is 12.8 Å². The summed E-state index contributed by atoms with van der Waals surface area (Å²) in [4.78, 5) is 14.0. The Morgan fingerprint density at radius 2 is 1.93 bits per heavy atom. The molecule has 0 radical (unpaired) electrons. The Morgan fingerprint density at radius 3 is 2.50 bits per heavy atom. The van der Waals surface area contributed by atoms with Crippen molar-refractivity contribution in [1.82, 2.24) is 4.90 Å². The van der Waals surface area contributed by atoms with Crippen LogP contribution in [0.1, 0.15) is 51.7 Å². The number of hydrogen-bond acceptors (Lipinski definition) is 5. The van der Waals surface area contributed by atoms with Gasteiger partial charge in [0, 0.05) is 6.54 Å². The van der Waals surface area contributed by atoms with Gasteiger partial charge in [0.1, 0.15) is 18.5 Å². The fourth-order valence-electron chi connectivity index (χ4n) is 3.50. The Hall–Kier alpha value is -1.30. The van der Waals surface area contributed by atoms with Gasteiger partial charge in [0.15, 0.2) is 0 Å². The maximum atomic E-state index is 11.8. The number of rotatable bonds is 7. The number of likely N-dealkylation sites (tertiary alicyclic amines) is 1. The summed E-state index contributed by atoms with van der Waals surface area (Å²) in [7, 11) is 0. The Balaban J connectivity index is 0.00000392. The molecule has 5 nitrogen and oxygen atoms in total. The van der Waals surface area contributed by atoms with Crippen molar-refractivity contribution < 1.29 is 19.4 Å². The van der Waals surface area contributed by atoms with Crippen molar-refractivity contribution in [2.75, 3.05) is 32.8 Å². The SMILES string of the molecule is CCOC(=O)C1CCN(CC(O)COc2ccc(C)cc2C(C)(C)C)CC1.Cl. The van der Waals surface area contributed by atoms with E-state index in [-0.39, 0.29) is 36.3 Å². The number of aryl methyl sites for hydroxylation is 1. The van der Waals surface area contributed by atoms with Crippen molar-refractivity contribution in [3.8, 4) is 5.75 Å². The molecule has 0 amide bonds. The summed E-state index contributed by atoms with van der Waals surface area (Å²) in [6.07, 6.45) is 1.02. The van der Waals surface area contributed by atoms with Crippen molar-refractivity contribution >= 4 is 18.4 Å². The summed E-state index contributed by atoms with van der Waals surface area (Å²) in [5.41, 5.74) is 2.35. The van der Waals surface area contributed by atoms with Gasteiger partial charge in [-0.05, 0) is 56.8 Å². The van der Waals surface area contributed by atoms with Gasteiger partial charge in [-0.15, -0.1) is 12.4 Å². The molecule has 1 atom stereocenters. The lowest BCUT2D eigenvalue weighted by Crippen LogP contribution is -2.42. The minimum Gasteiger partial charge on any atom is -0.491 e. The van der Waals surface area contributed by atoms with E-state index in [9.17, 15) is 9.90 Å². The number of piperidine rings is 1. The van der Waals surface area contributed by atoms with Crippen LogP contribution in [0.5, 0.6) is 5.75 Å². The Bertz CT molecular complexity index is 621. The maximum Gasteiger partial charge on any atom is 0.309 e. The smallest absolute Gasteiger partial charge is 0.309 e. The predicted octanol–water partition coefficient (Wildman–Crippen LogP) is 3.73. The summed E-state index contributed by atoms with van der Waals surface area (Å²) in [6.45, 7) is 13.3. The first kappa shape index (κ1) is 24.7. The zero-order chi connectivity index (χ0) is 20.0. The highest BCUT2D eigenvalue weighted by molar-refractivity contribution is 5.85. The zero-order valence-corrected chi connectivity index (χ0v) is 18.7. The number of halogens is 1. The van der Waals surface area contributed by atoms with Crippen LogP contribution in [0.2, 0.25) is 0 Å². The molecule has 1 unspecified atom stereocenters. The second-order valence-corrected chi connectivity index (χ2v) is 8.54. The molecule has 1 aliphatic rings. The van der Waals surface area contributed by atoms with Gasteiger partial charge in [0.05, 0.1) is 12.5 Å². The second kappa shape index (κ2) is 11.0. The molecule has 0 bridgehead atoms. The van der Waals surface area contributed by atoms with Crippen molar-refractivity contribution in [3.05, 3.63) is 29.3 Å². The number of hydrogen-bond donors (Lipinski definition) is 1. The lowest BCUT2D eigenvalue weighted by Gasteiger charge is -2.32. The second-order valence-electron chi connectivity index (χ2n) is 8.54. The molecule has 0 aromatic heterocycles. The average molecular weight is 414 g/mol. The molecule has 1 fully saturated rings. The normalized spacial score (nSPS) is 16.9. The fraction of sp³-hybridized carbons (Fsp3) is 0.682. The van der Waals surface area contributed by atoms with E-state index in [4.69, 9.17) is 9.47 Å². The Morgan fingerprint density at radius 1 is 1.29 bits per heavy atom. The topological polar surface area (TPSA) is 59.0 Å². The lowest BCUT2D eigenvalue weighted by atomic mass is 9.85. The van der Waals surface area contributed by atoms with E-state index in [0.717, 1.165) is 37.2 Å². The Kier molecular flexibility index (Phi) is 9.75. The summed E-state index contributed by atoms with van der Waals surface area (Å²) in [5, 5.41) is 10.4. The van der Waals surface area contributed by atoms with E-state index in [1.54, 1.807) is 0 Å². The first-order chi connectivity index (χ1) is 12.7. The van der Waals surface area contributed by atoms with Gasteiger partial charge in [-0.3, -0.25) is 4.79 Å². The summed E-state index contributed by atoms with van der Waals surface area (Å²) >= 11 is 0. The predicted molar refractivity (Wildman–Crippen MR) is 114 cm³/mol. The standard InChI is InChI=1S/C22H35NO4.ClH/c1-6-26-21(25)17-9-11-23(12-10-17)14-18(24)15-27-20-8-7-16(2)13-19(20)22(3,4)5;/h7-8,13,17-18,24H,6,9-12,14-15H2,1-5H3;1H. The van der Waals surface area contributed by atoms with Gasteiger partial charge in [-0.25, -0.2) is 0 Å². The van der Waals surface area contributed by atoms with Gasteiger partial charge < -0.3 is 19.5 Å². The van der Waals surface area contributed by atoms with Gasteiger partial charge in [0.25, 0.3) is 0 Å². The molecule has 1 N–H and O–H groups in total. The third-order valence-electron chi connectivity index (χ3n) is 5.05. The van der Waals surface area contributed by atoms with Gasteiger partial charge in [0.2, 0.25) is 0 Å². The van der Waals surface area contributed by atoms with Crippen LogP contribution in [-0.2, 0) is 14.9 Å². The quantitative estimate of drug-likeness (QED) is 0.690. The van der Waals surface area contributed by atoms with E-state index in [2.05, 4.69) is 38.7 Å². The summed E-state index contributed by atoms with van der Waals surface area (Å²) in [5.74, 6) is 0.750. The molecule has 0 saturated carbocycles. The number of ether oxygens (including phenoxy) is 2. The molecule has 0 aliphatic carbocycles. The number of aliphatic hydroxyl groups is 1. The van der Waals surface area contributed by atoms with Crippen LogP contribution in [0.3, 0.4) is 0 Å². The molecule has 1 aromatic carbocycles. The van der Waals surface area contributed by atoms with Crippen molar-refractivity contribution in [3.63, 3.8) is 0 Å². The molecule has 1 heterocycles. The molecular formula is C22H36ClNO4. The van der Waals surface area contributed by atoms with Crippen LogP contribution in [-0.4, -0.2) is 54.9 Å². The molecule has 28 heavy (non-hydrogen) atoms. The van der Waals surface area contributed by atoms with Gasteiger partial charge >= 0.3 is 5.97 Å². The molecule has 1 saturated heterocycles. The number of aliphatic hydroxyl groups excluding tert-OH is 1. The van der Waals surface area contributed by atoms with Crippen molar-refractivity contribution in [2.45, 2.75) is 59.0 Å². The highest BCUT2D eigenvalue weighted by atomic mass is 35.5. The summed E-state index contributed by atoms with van der Waals surface area (Å²) < 4.78 is 11.1. The van der Waals surface area contributed by atoms with Crippen molar-refractivity contribution in [1.29, 1.82) is 0 Å². The first-order valence-electron chi connectivity index (χ1n) is 10.0.